The van der Waals surface area contributed by atoms with Crippen LogP contribution in [0.15, 0.2) is 29.3 Å². The SMILES string of the molecule is CC(=O)N[C@@H](CC(C)C)C(=O)NC(CC1CCC(N=C(N)N)CC1)C(=O)c1nc2ccccc2s1. The molecule has 190 valence electrons. The Labute approximate surface area is 210 Å². The molecule has 1 aromatic heterocycles. The van der Waals surface area contributed by atoms with E-state index in [0.29, 0.717) is 17.8 Å². The molecule has 2 amide bonds. The van der Waals surface area contributed by atoms with E-state index in [4.69, 9.17) is 11.5 Å². The number of nitrogens with one attached hydrogen (secondary N) is 2. The van der Waals surface area contributed by atoms with Crippen LogP contribution in [0, 0.1) is 11.8 Å². The Morgan fingerprint density at radius 2 is 1.77 bits per heavy atom. The van der Waals surface area contributed by atoms with Gasteiger partial charge in [0.2, 0.25) is 17.6 Å². The first kappa shape index (κ1) is 26.6. The van der Waals surface area contributed by atoms with E-state index in [9.17, 15) is 14.4 Å². The van der Waals surface area contributed by atoms with Crippen molar-refractivity contribution in [2.75, 3.05) is 0 Å². The van der Waals surface area contributed by atoms with Crippen LogP contribution < -0.4 is 22.1 Å². The number of nitrogens with zero attached hydrogens (tertiary/aromatic N) is 2. The van der Waals surface area contributed by atoms with E-state index in [1.165, 1.54) is 18.3 Å². The smallest absolute Gasteiger partial charge is 0.243 e. The van der Waals surface area contributed by atoms with Gasteiger partial charge in [0.05, 0.1) is 22.3 Å². The monoisotopic (exact) mass is 500 g/mol. The van der Waals surface area contributed by atoms with E-state index in [1.807, 2.05) is 38.1 Å². The molecule has 1 aliphatic rings. The van der Waals surface area contributed by atoms with Crippen LogP contribution in [0.2, 0.25) is 0 Å². The van der Waals surface area contributed by atoms with Gasteiger partial charge >= 0.3 is 0 Å². The van der Waals surface area contributed by atoms with Gasteiger partial charge in [0.15, 0.2) is 11.0 Å². The number of carbonyl (C=O) groups excluding carboxylic acids is 3. The lowest BCUT2D eigenvalue weighted by atomic mass is 9.82. The number of amides is 2. The second-order valence-corrected chi connectivity index (χ2v) is 10.8. The highest BCUT2D eigenvalue weighted by atomic mass is 32.1. The van der Waals surface area contributed by atoms with Gasteiger partial charge < -0.3 is 22.1 Å². The number of benzene rings is 1. The molecule has 6 N–H and O–H groups in total. The van der Waals surface area contributed by atoms with Crippen LogP contribution in [0.25, 0.3) is 10.2 Å². The number of rotatable bonds is 10. The third-order valence-electron chi connectivity index (χ3n) is 6.26. The average Bonchev–Trinajstić information content (AvgIpc) is 3.22. The Morgan fingerprint density at radius 3 is 2.37 bits per heavy atom. The lowest BCUT2D eigenvalue weighted by molar-refractivity contribution is -0.128. The Morgan fingerprint density at radius 1 is 1.09 bits per heavy atom. The fraction of sp³-hybridized carbons (Fsp3) is 0.560. The molecule has 2 atom stereocenters. The molecule has 0 saturated heterocycles. The molecule has 9 nitrogen and oxygen atoms in total. The predicted octanol–water partition coefficient (Wildman–Crippen LogP) is 2.74. The third kappa shape index (κ3) is 7.74. The molecule has 1 heterocycles. The molecule has 35 heavy (non-hydrogen) atoms. The van der Waals surface area contributed by atoms with Crippen LogP contribution in [0.3, 0.4) is 0 Å². The number of Topliss-reactive ketones (excluding diaryl/α,β-unsaturated/α-hetero) is 1. The highest BCUT2D eigenvalue weighted by Gasteiger charge is 2.32. The van der Waals surface area contributed by atoms with E-state index in [-0.39, 0.29) is 41.4 Å². The van der Waals surface area contributed by atoms with Crippen molar-refractivity contribution in [3.05, 3.63) is 29.3 Å². The lowest BCUT2D eigenvalue weighted by Crippen LogP contribution is -2.52. The topological polar surface area (TPSA) is 153 Å². The summed E-state index contributed by atoms with van der Waals surface area (Å²) in [7, 11) is 0. The number of aliphatic imine (C=N–C) groups is 1. The van der Waals surface area contributed by atoms with Gasteiger partial charge in [-0.3, -0.25) is 19.4 Å². The van der Waals surface area contributed by atoms with Gasteiger partial charge in [-0.25, -0.2) is 4.98 Å². The normalized spacial score (nSPS) is 19.7. The van der Waals surface area contributed by atoms with E-state index in [2.05, 4.69) is 20.6 Å². The number of ketones is 1. The summed E-state index contributed by atoms with van der Waals surface area (Å²) in [6.45, 7) is 5.36. The molecule has 0 radical (unpaired) electrons. The van der Waals surface area contributed by atoms with Gasteiger partial charge in [0.25, 0.3) is 0 Å². The zero-order valence-corrected chi connectivity index (χ0v) is 21.4. The Kier molecular flexibility index (Phi) is 9.20. The maximum Gasteiger partial charge on any atom is 0.243 e. The van der Waals surface area contributed by atoms with Crippen molar-refractivity contribution in [3.8, 4) is 0 Å². The van der Waals surface area contributed by atoms with Gasteiger partial charge in [0, 0.05) is 6.92 Å². The summed E-state index contributed by atoms with van der Waals surface area (Å²) in [6, 6.07) is 6.27. The standard InChI is InChI=1S/C25H36N6O3S/c1-14(2)12-20(28-15(3)32)23(34)30-19(13-16-8-10-17(11-9-16)29-25(26)27)22(33)24-31-18-6-4-5-7-21(18)35-24/h4-7,14,16-17,19-20H,8-13H2,1-3H3,(H,28,32)(H,30,34)(H4,26,27,29)/t16?,17?,19?,20-/m0/s1. The molecule has 0 bridgehead atoms. The van der Waals surface area contributed by atoms with Crippen molar-refractivity contribution in [3.63, 3.8) is 0 Å². The average molecular weight is 501 g/mol. The van der Waals surface area contributed by atoms with Crippen molar-refractivity contribution in [2.24, 2.45) is 28.3 Å². The van der Waals surface area contributed by atoms with Gasteiger partial charge in [0.1, 0.15) is 6.04 Å². The highest BCUT2D eigenvalue weighted by molar-refractivity contribution is 7.20. The van der Waals surface area contributed by atoms with Crippen LogP contribution in [0.1, 0.15) is 69.1 Å². The minimum Gasteiger partial charge on any atom is -0.370 e. The summed E-state index contributed by atoms with van der Waals surface area (Å²) < 4.78 is 0.926. The van der Waals surface area contributed by atoms with Crippen molar-refractivity contribution in [2.45, 2.75) is 77.4 Å². The number of nitrogens with two attached hydrogens (primary N) is 2. The Bertz CT molecular complexity index is 1040. The summed E-state index contributed by atoms with van der Waals surface area (Å²) in [4.78, 5) is 47.3. The van der Waals surface area contributed by atoms with Crippen molar-refractivity contribution in [1.82, 2.24) is 15.6 Å². The highest BCUT2D eigenvalue weighted by Crippen LogP contribution is 2.31. The van der Waals surface area contributed by atoms with Gasteiger partial charge in [-0.15, -0.1) is 11.3 Å². The molecule has 1 saturated carbocycles. The fourth-order valence-corrected chi connectivity index (χ4v) is 5.59. The maximum atomic E-state index is 13.6. The van der Waals surface area contributed by atoms with Crippen molar-refractivity contribution in [1.29, 1.82) is 0 Å². The first-order valence-electron chi connectivity index (χ1n) is 12.2. The second kappa shape index (κ2) is 12.1. The summed E-state index contributed by atoms with van der Waals surface area (Å²) in [5.74, 6) is -0.286. The molecule has 1 fully saturated rings. The van der Waals surface area contributed by atoms with Crippen LogP contribution in [-0.4, -0.2) is 46.7 Å². The summed E-state index contributed by atoms with van der Waals surface area (Å²) in [5.41, 5.74) is 11.8. The molecule has 1 aliphatic carbocycles. The zero-order valence-electron chi connectivity index (χ0n) is 20.6. The molecule has 10 heteroatoms. The number of guanidine groups is 1. The summed E-state index contributed by atoms with van der Waals surface area (Å²) in [5, 5.41) is 6.07. The predicted molar refractivity (Wildman–Crippen MR) is 139 cm³/mol. The molecular weight excluding hydrogens is 464 g/mol. The number of hydrogen-bond acceptors (Lipinski definition) is 6. The van der Waals surface area contributed by atoms with E-state index in [1.54, 1.807) is 0 Å². The van der Waals surface area contributed by atoms with E-state index < -0.39 is 12.1 Å². The largest absolute Gasteiger partial charge is 0.370 e. The number of aromatic nitrogens is 1. The second-order valence-electron chi connectivity index (χ2n) is 9.76. The number of hydrogen-bond donors (Lipinski definition) is 4. The summed E-state index contributed by atoms with van der Waals surface area (Å²) in [6.07, 6.45) is 4.38. The molecule has 2 aromatic rings. The van der Waals surface area contributed by atoms with Gasteiger partial charge in [-0.2, -0.15) is 0 Å². The lowest BCUT2D eigenvalue weighted by Gasteiger charge is -2.30. The van der Waals surface area contributed by atoms with Crippen LogP contribution in [-0.2, 0) is 9.59 Å². The number of thiazole rings is 1. The van der Waals surface area contributed by atoms with Crippen LogP contribution in [0.5, 0.6) is 0 Å². The first-order chi connectivity index (χ1) is 16.6. The van der Waals surface area contributed by atoms with Crippen molar-refractivity contribution < 1.29 is 14.4 Å². The zero-order chi connectivity index (χ0) is 25.5. The van der Waals surface area contributed by atoms with Gasteiger partial charge in [-0.05, 0) is 62.5 Å². The first-order valence-corrected chi connectivity index (χ1v) is 13.0. The molecule has 0 aliphatic heterocycles. The number of para-hydroxylation sites is 1. The van der Waals surface area contributed by atoms with Crippen molar-refractivity contribution >= 4 is 45.1 Å². The fourth-order valence-electron chi connectivity index (χ4n) is 4.63. The van der Waals surface area contributed by atoms with E-state index >= 15 is 0 Å². The minimum atomic E-state index is -0.726. The molecule has 0 spiro atoms. The third-order valence-corrected chi connectivity index (χ3v) is 7.31. The quantitative estimate of drug-likeness (QED) is 0.224. The van der Waals surface area contributed by atoms with Crippen LogP contribution >= 0.6 is 11.3 Å². The molecule has 1 unspecified atom stereocenters. The van der Waals surface area contributed by atoms with Crippen LogP contribution in [0.4, 0.5) is 0 Å². The Hall–Kier alpha value is -3.01. The Balaban J connectivity index is 1.79. The minimum absolute atomic E-state index is 0.0961. The van der Waals surface area contributed by atoms with E-state index in [0.717, 1.165) is 35.9 Å². The summed E-state index contributed by atoms with van der Waals surface area (Å²) >= 11 is 1.33. The number of fused-ring (bicyclic) bond motifs is 1. The number of carbonyl (C=O) groups is 3. The molecular formula is C25H36N6O3S. The molecule has 3 rings (SSSR count). The molecule has 1 aromatic carbocycles. The van der Waals surface area contributed by atoms with Gasteiger partial charge in [-0.1, -0.05) is 26.0 Å². The maximum absolute atomic E-state index is 13.6.